The summed E-state index contributed by atoms with van der Waals surface area (Å²) in [7, 11) is 1.45. The maximum absolute atomic E-state index is 11.6. The van der Waals surface area contributed by atoms with Gasteiger partial charge in [0, 0.05) is 25.9 Å². The number of carbonyl (C=O) groups is 3. The number of aliphatic hydroxyl groups is 3. The molecule has 0 unspecified atom stereocenters. The van der Waals surface area contributed by atoms with Crippen LogP contribution in [0.5, 0.6) is 0 Å². The van der Waals surface area contributed by atoms with Gasteiger partial charge in [-0.25, -0.2) is 4.79 Å². The first-order chi connectivity index (χ1) is 9.74. The van der Waals surface area contributed by atoms with Gasteiger partial charge in [0.2, 0.25) is 11.8 Å². The summed E-state index contributed by atoms with van der Waals surface area (Å²) in [5.74, 6) is -3.00. The van der Waals surface area contributed by atoms with Crippen molar-refractivity contribution in [2.75, 3.05) is 13.6 Å². The van der Waals surface area contributed by atoms with Gasteiger partial charge in [0.15, 0.2) is 6.10 Å². The fourth-order valence-corrected chi connectivity index (χ4v) is 1.62. The second kappa shape index (κ2) is 9.27. The van der Waals surface area contributed by atoms with Crippen molar-refractivity contribution in [3.63, 3.8) is 0 Å². The minimum absolute atomic E-state index is 0.0968. The molecule has 0 saturated carbocycles. The predicted molar refractivity (Wildman–Crippen MR) is 71.1 cm³/mol. The quantitative estimate of drug-likeness (QED) is 0.273. The van der Waals surface area contributed by atoms with Crippen LogP contribution in [0.1, 0.15) is 19.8 Å². The van der Waals surface area contributed by atoms with Crippen molar-refractivity contribution in [1.82, 2.24) is 10.6 Å². The monoisotopic (exact) mass is 306 g/mol. The molecule has 0 aliphatic rings. The van der Waals surface area contributed by atoms with Gasteiger partial charge in [-0.05, 0) is 6.42 Å². The molecule has 9 nitrogen and oxygen atoms in total. The highest BCUT2D eigenvalue weighted by molar-refractivity contribution is 5.85. The van der Waals surface area contributed by atoms with Gasteiger partial charge in [-0.1, -0.05) is 6.92 Å². The van der Waals surface area contributed by atoms with Gasteiger partial charge in [0.05, 0.1) is 0 Å². The van der Waals surface area contributed by atoms with Crippen molar-refractivity contribution in [2.45, 2.75) is 38.1 Å². The lowest BCUT2D eigenvalue weighted by atomic mass is 10.0. The van der Waals surface area contributed by atoms with Crippen LogP contribution in [0, 0.1) is 5.92 Å². The zero-order valence-corrected chi connectivity index (χ0v) is 11.9. The summed E-state index contributed by atoms with van der Waals surface area (Å²) in [5.41, 5.74) is 0. The number of nitrogens with one attached hydrogen (secondary N) is 2. The average molecular weight is 306 g/mol. The number of hydrogen-bond acceptors (Lipinski definition) is 6. The van der Waals surface area contributed by atoms with Crippen LogP contribution in [-0.2, 0) is 14.4 Å². The third kappa shape index (κ3) is 6.52. The number of rotatable bonds is 9. The second-order valence-corrected chi connectivity index (χ2v) is 4.57. The summed E-state index contributed by atoms with van der Waals surface area (Å²) < 4.78 is 0. The van der Waals surface area contributed by atoms with E-state index in [4.69, 9.17) is 10.2 Å². The number of aliphatic carboxylic acids is 1. The van der Waals surface area contributed by atoms with E-state index in [1.807, 2.05) is 0 Å². The first-order valence-corrected chi connectivity index (χ1v) is 6.49. The van der Waals surface area contributed by atoms with Crippen molar-refractivity contribution < 1.29 is 34.8 Å². The topological polar surface area (TPSA) is 156 Å². The summed E-state index contributed by atoms with van der Waals surface area (Å²) in [6.45, 7) is 1.31. The van der Waals surface area contributed by atoms with Crippen LogP contribution in [0.25, 0.3) is 0 Å². The minimum Gasteiger partial charge on any atom is -0.479 e. The van der Waals surface area contributed by atoms with Crippen LogP contribution in [0.2, 0.25) is 0 Å². The number of amides is 2. The van der Waals surface area contributed by atoms with Crippen LogP contribution < -0.4 is 10.6 Å². The first kappa shape index (κ1) is 19.3. The summed E-state index contributed by atoms with van der Waals surface area (Å²) >= 11 is 0. The van der Waals surface area contributed by atoms with Gasteiger partial charge < -0.3 is 31.1 Å². The van der Waals surface area contributed by atoms with E-state index < -0.39 is 42.7 Å². The van der Waals surface area contributed by atoms with Crippen LogP contribution in [-0.4, -0.2) is 70.1 Å². The fraction of sp³-hybridized carbons (Fsp3) is 0.750. The highest BCUT2D eigenvalue weighted by Crippen LogP contribution is 2.08. The highest BCUT2D eigenvalue weighted by Gasteiger charge is 2.30. The number of carboxylic acid groups (broad SMARTS) is 1. The number of carbonyl (C=O) groups excluding carboxylic acids is 2. The predicted octanol–water partition coefficient (Wildman–Crippen LogP) is -2.57. The molecular formula is C12H22N2O7. The molecule has 0 aromatic rings. The molecule has 0 aliphatic carbocycles. The molecule has 0 aromatic carbocycles. The largest absolute Gasteiger partial charge is 0.479 e. The third-order valence-corrected chi connectivity index (χ3v) is 3.02. The molecule has 122 valence electrons. The van der Waals surface area contributed by atoms with Crippen molar-refractivity contribution in [3.05, 3.63) is 0 Å². The van der Waals surface area contributed by atoms with E-state index >= 15 is 0 Å². The minimum atomic E-state index is -2.15. The Morgan fingerprint density at radius 3 is 2.14 bits per heavy atom. The lowest BCUT2D eigenvalue weighted by molar-refractivity contribution is -0.157. The Morgan fingerprint density at radius 1 is 1.14 bits per heavy atom. The van der Waals surface area contributed by atoms with Crippen LogP contribution in [0.4, 0.5) is 0 Å². The van der Waals surface area contributed by atoms with Crippen LogP contribution in [0.3, 0.4) is 0 Å². The molecule has 4 atom stereocenters. The SMILES string of the molecule is CC[C@@H](CC(=O)NC[C@H](O)[C@@H](O)[C@H](O)C(=O)O)C(=O)NC. The smallest absolute Gasteiger partial charge is 0.335 e. The lowest BCUT2D eigenvalue weighted by Gasteiger charge is -2.21. The summed E-state index contributed by atoms with van der Waals surface area (Å²) in [6.07, 6.45) is -5.36. The Kier molecular flexibility index (Phi) is 8.51. The molecule has 0 aliphatic heterocycles. The van der Waals surface area contributed by atoms with Gasteiger partial charge >= 0.3 is 5.97 Å². The molecule has 0 fully saturated rings. The molecule has 9 heteroatoms. The molecule has 0 spiro atoms. The third-order valence-electron chi connectivity index (χ3n) is 3.02. The standard InChI is InChI=1S/C12H22N2O7/c1-3-6(11(19)13-2)4-8(16)14-5-7(15)9(17)10(18)12(20)21/h6-7,9-10,15,17-18H,3-5H2,1-2H3,(H,13,19)(H,14,16)(H,20,21)/t6-,7-,9+,10-/m0/s1. The van der Waals surface area contributed by atoms with Crippen LogP contribution in [0.15, 0.2) is 0 Å². The zero-order chi connectivity index (χ0) is 16.6. The molecule has 0 aromatic heterocycles. The van der Waals surface area contributed by atoms with E-state index in [0.717, 1.165) is 0 Å². The Bertz CT molecular complexity index is 375. The summed E-state index contributed by atoms with van der Waals surface area (Å²) in [6, 6.07) is 0. The van der Waals surface area contributed by atoms with E-state index in [1.165, 1.54) is 7.05 Å². The molecule has 6 N–H and O–H groups in total. The van der Waals surface area contributed by atoms with Crippen molar-refractivity contribution in [1.29, 1.82) is 0 Å². The Hall–Kier alpha value is -1.71. The molecule has 0 bridgehead atoms. The van der Waals surface area contributed by atoms with E-state index in [-0.39, 0.29) is 12.3 Å². The van der Waals surface area contributed by atoms with Gasteiger partial charge in [0.25, 0.3) is 0 Å². The van der Waals surface area contributed by atoms with Gasteiger partial charge in [-0.15, -0.1) is 0 Å². The molecule has 0 rings (SSSR count). The lowest BCUT2D eigenvalue weighted by Crippen LogP contribution is -2.47. The maximum atomic E-state index is 11.6. The normalized spacial score (nSPS) is 16.4. The highest BCUT2D eigenvalue weighted by atomic mass is 16.4. The Morgan fingerprint density at radius 2 is 1.71 bits per heavy atom. The van der Waals surface area contributed by atoms with Gasteiger partial charge in [-0.3, -0.25) is 9.59 Å². The van der Waals surface area contributed by atoms with E-state index in [0.29, 0.717) is 6.42 Å². The molecule has 21 heavy (non-hydrogen) atoms. The number of carboxylic acids is 1. The molecule has 0 radical (unpaired) electrons. The van der Waals surface area contributed by atoms with E-state index in [1.54, 1.807) is 6.92 Å². The fourth-order valence-electron chi connectivity index (χ4n) is 1.62. The zero-order valence-electron chi connectivity index (χ0n) is 11.9. The Balaban J connectivity index is 4.29. The van der Waals surface area contributed by atoms with Crippen molar-refractivity contribution >= 4 is 17.8 Å². The molecule has 0 heterocycles. The Labute approximate surface area is 122 Å². The van der Waals surface area contributed by atoms with E-state index in [9.17, 15) is 24.6 Å². The molecular weight excluding hydrogens is 284 g/mol. The molecule has 2 amide bonds. The summed E-state index contributed by atoms with van der Waals surface area (Å²) in [5, 5.41) is 41.0. The number of aliphatic hydroxyl groups excluding tert-OH is 3. The van der Waals surface area contributed by atoms with Crippen LogP contribution >= 0.6 is 0 Å². The van der Waals surface area contributed by atoms with E-state index in [2.05, 4.69) is 10.6 Å². The average Bonchev–Trinajstić information content (AvgIpc) is 2.47. The van der Waals surface area contributed by atoms with Crippen molar-refractivity contribution in [3.8, 4) is 0 Å². The second-order valence-electron chi connectivity index (χ2n) is 4.57. The van der Waals surface area contributed by atoms with Gasteiger partial charge in [-0.2, -0.15) is 0 Å². The first-order valence-electron chi connectivity index (χ1n) is 6.49. The number of hydrogen-bond donors (Lipinski definition) is 6. The summed E-state index contributed by atoms with van der Waals surface area (Å²) in [4.78, 5) is 33.4. The molecule has 0 saturated heterocycles. The van der Waals surface area contributed by atoms with Gasteiger partial charge in [0.1, 0.15) is 12.2 Å². The van der Waals surface area contributed by atoms with Crippen molar-refractivity contribution in [2.24, 2.45) is 5.92 Å². The maximum Gasteiger partial charge on any atom is 0.335 e.